The van der Waals surface area contributed by atoms with E-state index in [0.29, 0.717) is 17.7 Å². The Balaban J connectivity index is 1.48. The molecule has 0 saturated carbocycles. The Hall–Kier alpha value is -4.05. The van der Waals surface area contributed by atoms with E-state index < -0.39 is 22.9 Å². The maximum absolute atomic E-state index is 14.3. The molecule has 1 saturated heterocycles. The summed E-state index contributed by atoms with van der Waals surface area (Å²) < 4.78 is 32.2. The van der Waals surface area contributed by atoms with Crippen molar-refractivity contribution < 1.29 is 27.9 Å². The van der Waals surface area contributed by atoms with E-state index in [1.165, 1.54) is 48.4 Å². The van der Waals surface area contributed by atoms with E-state index in [1.807, 2.05) is 0 Å². The lowest BCUT2D eigenvalue weighted by Gasteiger charge is -2.16. The zero-order valence-electron chi connectivity index (χ0n) is 19.8. The van der Waals surface area contributed by atoms with E-state index in [4.69, 9.17) is 0 Å². The largest absolute Gasteiger partial charge is 0.465 e. The Morgan fingerprint density at radius 2 is 1.73 bits per heavy atom. The average molecular weight is 524 g/mol. The number of amidine groups is 1. The molecule has 37 heavy (non-hydrogen) atoms. The van der Waals surface area contributed by atoms with E-state index >= 15 is 0 Å². The summed E-state index contributed by atoms with van der Waals surface area (Å²) in [6, 6.07) is 18.1. The van der Waals surface area contributed by atoms with Crippen LogP contribution in [0.5, 0.6) is 0 Å². The number of para-hydroxylation sites is 1. The van der Waals surface area contributed by atoms with Crippen molar-refractivity contribution in [2.75, 3.05) is 19.0 Å². The van der Waals surface area contributed by atoms with Gasteiger partial charge in [0, 0.05) is 18.7 Å². The van der Waals surface area contributed by atoms with Crippen LogP contribution in [0.3, 0.4) is 0 Å². The number of aliphatic imine (C=N–C) groups is 1. The van der Waals surface area contributed by atoms with Crippen LogP contribution in [0.1, 0.15) is 22.3 Å². The molecule has 1 aliphatic heterocycles. The number of hydrogen-bond donors (Lipinski definition) is 1. The van der Waals surface area contributed by atoms with Crippen molar-refractivity contribution in [1.82, 2.24) is 4.90 Å². The summed E-state index contributed by atoms with van der Waals surface area (Å²) in [6.07, 6.45) is 0.292. The van der Waals surface area contributed by atoms with Gasteiger partial charge < -0.3 is 10.1 Å². The molecule has 10 heteroatoms. The Morgan fingerprint density at radius 1 is 1.03 bits per heavy atom. The highest BCUT2D eigenvalue weighted by molar-refractivity contribution is 8.15. The zero-order chi connectivity index (χ0) is 26.4. The number of anilines is 1. The van der Waals surface area contributed by atoms with Gasteiger partial charge >= 0.3 is 5.97 Å². The van der Waals surface area contributed by atoms with Gasteiger partial charge in [-0.3, -0.25) is 14.5 Å². The number of methoxy groups -OCH3 is 1. The number of carbonyl (C=O) groups is 3. The first kappa shape index (κ1) is 26.0. The first-order chi connectivity index (χ1) is 17.8. The van der Waals surface area contributed by atoms with E-state index in [9.17, 15) is 23.2 Å². The predicted octanol–water partition coefficient (Wildman–Crippen LogP) is 4.95. The quantitative estimate of drug-likeness (QED) is 0.422. The number of esters is 1. The Kier molecular flexibility index (Phi) is 8.29. The van der Waals surface area contributed by atoms with Gasteiger partial charge in [-0.15, -0.1) is 0 Å². The van der Waals surface area contributed by atoms with E-state index in [1.54, 1.807) is 36.4 Å². The lowest BCUT2D eigenvalue weighted by Crippen LogP contribution is -2.35. The van der Waals surface area contributed by atoms with Crippen LogP contribution in [0.15, 0.2) is 77.8 Å². The van der Waals surface area contributed by atoms with Gasteiger partial charge in [-0.25, -0.2) is 18.6 Å². The minimum atomic E-state index is -0.756. The second-order valence-corrected chi connectivity index (χ2v) is 9.31. The number of benzene rings is 3. The van der Waals surface area contributed by atoms with Gasteiger partial charge in [-0.2, -0.15) is 0 Å². The molecule has 0 bridgehead atoms. The maximum atomic E-state index is 14.3. The van der Waals surface area contributed by atoms with Crippen molar-refractivity contribution >= 4 is 46.1 Å². The fourth-order valence-corrected chi connectivity index (χ4v) is 4.83. The third kappa shape index (κ3) is 6.59. The maximum Gasteiger partial charge on any atom is 0.337 e. The second-order valence-electron chi connectivity index (χ2n) is 8.14. The Bertz CT molecular complexity index is 1330. The molecule has 0 radical (unpaired) electrons. The third-order valence-corrected chi connectivity index (χ3v) is 6.76. The van der Waals surface area contributed by atoms with Crippen molar-refractivity contribution in [3.63, 3.8) is 0 Å². The molecule has 0 aromatic heterocycles. The molecule has 0 spiro atoms. The van der Waals surface area contributed by atoms with Gasteiger partial charge in [-0.1, -0.05) is 36.0 Å². The molecule has 1 heterocycles. The summed E-state index contributed by atoms with van der Waals surface area (Å²) >= 11 is 1.09. The smallest absolute Gasteiger partial charge is 0.337 e. The first-order valence-electron chi connectivity index (χ1n) is 11.4. The number of carbonyl (C=O) groups excluding carboxylic acids is 3. The number of rotatable bonds is 8. The van der Waals surface area contributed by atoms with Gasteiger partial charge in [0.25, 0.3) is 0 Å². The standard InChI is InChI=1S/C27H23F2N3O4S/c1-36-26(35)18-8-12-20(13-9-18)30-24(33)16-23-25(34)32(15-14-17-6-10-19(28)11-7-17)27(37-23)31-22-5-3-2-4-21(22)29/h2-13,23H,14-16H2,1H3,(H,30,33). The lowest BCUT2D eigenvalue weighted by molar-refractivity contribution is -0.128. The van der Waals surface area contributed by atoms with Gasteiger partial charge in [0.15, 0.2) is 5.17 Å². The molecule has 2 amide bonds. The van der Waals surface area contributed by atoms with E-state index in [0.717, 1.165) is 17.3 Å². The van der Waals surface area contributed by atoms with Gasteiger partial charge in [-0.05, 0) is 60.5 Å². The number of halogens is 2. The Morgan fingerprint density at radius 3 is 2.41 bits per heavy atom. The first-order valence-corrected chi connectivity index (χ1v) is 12.3. The summed E-state index contributed by atoms with van der Waals surface area (Å²) in [5, 5.41) is 2.25. The number of amides is 2. The van der Waals surface area contributed by atoms with Crippen LogP contribution >= 0.6 is 11.8 Å². The summed E-state index contributed by atoms with van der Waals surface area (Å²) in [5.41, 5.74) is 1.70. The van der Waals surface area contributed by atoms with Crippen molar-refractivity contribution in [2.45, 2.75) is 18.1 Å². The summed E-state index contributed by atoms with van der Waals surface area (Å²) in [5.74, 6) is -2.10. The minimum Gasteiger partial charge on any atom is -0.465 e. The number of ether oxygens (including phenoxy) is 1. The highest BCUT2D eigenvalue weighted by Crippen LogP contribution is 2.32. The highest BCUT2D eigenvalue weighted by Gasteiger charge is 2.39. The molecule has 1 aliphatic rings. The molecular weight excluding hydrogens is 500 g/mol. The molecular formula is C27H23F2N3O4S. The molecule has 3 aromatic carbocycles. The molecule has 7 nitrogen and oxygen atoms in total. The number of hydrogen-bond acceptors (Lipinski definition) is 6. The van der Waals surface area contributed by atoms with Crippen molar-refractivity contribution in [2.24, 2.45) is 4.99 Å². The van der Waals surface area contributed by atoms with Crippen LogP contribution in [0.4, 0.5) is 20.2 Å². The lowest BCUT2D eigenvalue weighted by atomic mass is 10.1. The SMILES string of the molecule is COC(=O)c1ccc(NC(=O)CC2SC(=Nc3ccccc3F)N(CCc3ccc(F)cc3)C2=O)cc1. The molecule has 1 N–H and O–H groups in total. The number of thioether (sulfide) groups is 1. The van der Waals surface area contributed by atoms with Crippen LogP contribution in [0, 0.1) is 11.6 Å². The van der Waals surface area contributed by atoms with Gasteiger partial charge in [0.1, 0.15) is 22.6 Å². The highest BCUT2D eigenvalue weighted by atomic mass is 32.2. The molecule has 3 aromatic rings. The number of nitrogens with zero attached hydrogens (tertiary/aromatic N) is 2. The van der Waals surface area contributed by atoms with Crippen LogP contribution in [-0.2, 0) is 20.7 Å². The monoisotopic (exact) mass is 523 g/mol. The predicted molar refractivity (Wildman–Crippen MR) is 138 cm³/mol. The fraction of sp³-hybridized carbons (Fsp3) is 0.185. The average Bonchev–Trinajstić information content (AvgIpc) is 3.18. The summed E-state index contributed by atoms with van der Waals surface area (Å²) in [6.45, 7) is 0.234. The fourth-order valence-electron chi connectivity index (χ4n) is 3.66. The van der Waals surface area contributed by atoms with E-state index in [-0.39, 0.29) is 35.5 Å². The third-order valence-electron chi connectivity index (χ3n) is 5.59. The molecule has 190 valence electrons. The van der Waals surface area contributed by atoms with Crippen LogP contribution in [0.25, 0.3) is 0 Å². The molecule has 4 rings (SSSR count). The normalized spacial score (nSPS) is 16.2. The van der Waals surface area contributed by atoms with Gasteiger partial charge in [0.2, 0.25) is 11.8 Å². The summed E-state index contributed by atoms with van der Waals surface area (Å²) in [7, 11) is 1.28. The van der Waals surface area contributed by atoms with Crippen molar-refractivity contribution in [3.05, 3.63) is 95.6 Å². The number of nitrogens with one attached hydrogen (secondary N) is 1. The Labute approximate surface area is 216 Å². The summed E-state index contributed by atoms with van der Waals surface area (Å²) in [4.78, 5) is 43.3. The minimum absolute atomic E-state index is 0.0837. The molecule has 0 aliphatic carbocycles. The van der Waals surface area contributed by atoms with Crippen molar-refractivity contribution in [3.8, 4) is 0 Å². The van der Waals surface area contributed by atoms with Crippen LogP contribution < -0.4 is 5.32 Å². The molecule has 1 fully saturated rings. The van der Waals surface area contributed by atoms with Crippen molar-refractivity contribution in [1.29, 1.82) is 0 Å². The van der Waals surface area contributed by atoms with Gasteiger partial charge in [0.05, 0.1) is 12.7 Å². The van der Waals surface area contributed by atoms with Crippen LogP contribution in [-0.4, -0.2) is 46.8 Å². The molecule has 1 atom stereocenters. The van der Waals surface area contributed by atoms with Crippen LogP contribution in [0.2, 0.25) is 0 Å². The molecule has 1 unspecified atom stereocenters. The zero-order valence-corrected chi connectivity index (χ0v) is 20.6. The topological polar surface area (TPSA) is 88.1 Å². The van der Waals surface area contributed by atoms with E-state index in [2.05, 4.69) is 15.0 Å². The second kappa shape index (κ2) is 11.8.